The molecule has 0 saturated heterocycles. The van der Waals surface area contributed by atoms with Crippen LogP contribution in [-0.2, 0) is 11.3 Å². The normalized spacial score (nSPS) is 10.6. The standard InChI is InChI=1S/C15H11Cl2N3O2/c16-11-3-1-2-10(14(11)17)8-19-12-4-5-13-18-6-7-20(13)15(12)22-9-21/h1-7,9,19H,8H2. The molecule has 0 saturated carbocycles. The Hall–Kier alpha value is -2.24. The van der Waals surface area contributed by atoms with Crippen molar-refractivity contribution in [3.63, 3.8) is 0 Å². The number of nitrogens with one attached hydrogen (secondary N) is 1. The van der Waals surface area contributed by atoms with Gasteiger partial charge in [-0.3, -0.25) is 9.20 Å². The van der Waals surface area contributed by atoms with Crippen molar-refractivity contribution in [2.75, 3.05) is 5.32 Å². The Labute approximate surface area is 136 Å². The van der Waals surface area contributed by atoms with E-state index in [1.54, 1.807) is 28.9 Å². The Morgan fingerprint density at radius 3 is 2.95 bits per heavy atom. The Balaban J connectivity index is 1.91. The van der Waals surface area contributed by atoms with Crippen LogP contribution < -0.4 is 10.1 Å². The largest absolute Gasteiger partial charge is 0.409 e. The number of halogens is 2. The molecule has 0 radical (unpaired) electrons. The van der Waals surface area contributed by atoms with Gasteiger partial charge in [0.05, 0.1) is 15.7 Å². The number of hydrogen-bond acceptors (Lipinski definition) is 4. The number of pyridine rings is 1. The van der Waals surface area contributed by atoms with E-state index in [0.29, 0.717) is 40.3 Å². The molecular weight excluding hydrogens is 325 g/mol. The Kier molecular flexibility index (Phi) is 4.18. The predicted octanol–water partition coefficient (Wildman–Crippen LogP) is 3.79. The van der Waals surface area contributed by atoms with Crippen LogP contribution in [0.1, 0.15) is 5.56 Å². The topological polar surface area (TPSA) is 55.6 Å². The third kappa shape index (κ3) is 2.73. The van der Waals surface area contributed by atoms with Crippen molar-refractivity contribution in [3.05, 3.63) is 58.3 Å². The predicted molar refractivity (Wildman–Crippen MR) is 85.7 cm³/mol. The summed E-state index contributed by atoms with van der Waals surface area (Å²) >= 11 is 12.2. The zero-order valence-electron chi connectivity index (χ0n) is 11.3. The summed E-state index contributed by atoms with van der Waals surface area (Å²) in [6.45, 7) is 0.821. The van der Waals surface area contributed by atoms with E-state index in [0.717, 1.165) is 5.56 Å². The number of benzene rings is 1. The monoisotopic (exact) mass is 335 g/mol. The summed E-state index contributed by atoms with van der Waals surface area (Å²) in [5, 5.41) is 4.18. The molecule has 0 fully saturated rings. The van der Waals surface area contributed by atoms with Gasteiger partial charge in [-0.25, -0.2) is 4.98 Å². The summed E-state index contributed by atoms with van der Waals surface area (Å²) in [7, 11) is 0. The first-order valence-corrected chi connectivity index (χ1v) is 7.19. The molecule has 0 aliphatic heterocycles. The van der Waals surface area contributed by atoms with Gasteiger partial charge in [-0.1, -0.05) is 35.3 Å². The number of fused-ring (bicyclic) bond motifs is 1. The molecule has 2 heterocycles. The second-order valence-electron chi connectivity index (χ2n) is 4.49. The zero-order valence-corrected chi connectivity index (χ0v) is 12.8. The van der Waals surface area contributed by atoms with E-state index in [2.05, 4.69) is 10.3 Å². The zero-order chi connectivity index (χ0) is 15.5. The number of hydrogen-bond donors (Lipinski definition) is 1. The molecule has 0 bridgehead atoms. The lowest BCUT2D eigenvalue weighted by molar-refractivity contribution is -0.120. The first kappa shape index (κ1) is 14.7. The number of ether oxygens (including phenoxy) is 1. The van der Waals surface area contributed by atoms with E-state index in [1.807, 2.05) is 18.2 Å². The second kappa shape index (κ2) is 6.25. The van der Waals surface area contributed by atoms with Gasteiger partial charge in [0.15, 0.2) is 0 Å². The number of anilines is 1. The SMILES string of the molecule is O=COc1c(NCc2cccc(Cl)c2Cl)ccc2nccn12. The smallest absolute Gasteiger partial charge is 0.299 e. The molecule has 1 N–H and O–H groups in total. The molecule has 5 nitrogen and oxygen atoms in total. The average molecular weight is 336 g/mol. The van der Waals surface area contributed by atoms with Gasteiger partial charge in [-0.05, 0) is 23.8 Å². The maximum absolute atomic E-state index is 10.7. The molecule has 3 aromatic rings. The van der Waals surface area contributed by atoms with E-state index in [-0.39, 0.29) is 0 Å². The van der Waals surface area contributed by atoms with Gasteiger partial charge >= 0.3 is 0 Å². The highest BCUT2D eigenvalue weighted by Gasteiger charge is 2.11. The van der Waals surface area contributed by atoms with Crippen LogP contribution in [0.4, 0.5) is 5.69 Å². The number of imidazole rings is 1. The first-order valence-electron chi connectivity index (χ1n) is 6.44. The Morgan fingerprint density at radius 2 is 2.14 bits per heavy atom. The molecular formula is C15H11Cl2N3O2. The number of rotatable bonds is 5. The molecule has 7 heteroatoms. The summed E-state index contributed by atoms with van der Waals surface area (Å²) in [4.78, 5) is 14.9. The molecule has 0 aliphatic rings. The maximum atomic E-state index is 10.7. The molecule has 0 aliphatic carbocycles. The van der Waals surface area contributed by atoms with Crippen molar-refractivity contribution >= 4 is 41.0 Å². The molecule has 2 aromatic heterocycles. The minimum atomic E-state index is 0.364. The van der Waals surface area contributed by atoms with E-state index in [4.69, 9.17) is 27.9 Å². The van der Waals surface area contributed by atoms with Gasteiger partial charge in [0, 0.05) is 18.9 Å². The summed E-state index contributed by atoms with van der Waals surface area (Å²) in [6.07, 6.45) is 3.34. The summed E-state index contributed by atoms with van der Waals surface area (Å²) in [6, 6.07) is 9.04. The van der Waals surface area contributed by atoms with Crippen LogP contribution in [0.3, 0.4) is 0 Å². The van der Waals surface area contributed by atoms with Crippen molar-refractivity contribution in [2.24, 2.45) is 0 Å². The molecule has 112 valence electrons. The molecule has 3 rings (SSSR count). The lowest BCUT2D eigenvalue weighted by Crippen LogP contribution is -2.05. The van der Waals surface area contributed by atoms with Crippen LogP contribution in [0.25, 0.3) is 5.65 Å². The molecule has 0 spiro atoms. The molecule has 0 unspecified atom stereocenters. The van der Waals surface area contributed by atoms with E-state index in [1.165, 1.54) is 0 Å². The fourth-order valence-electron chi connectivity index (χ4n) is 2.14. The highest BCUT2D eigenvalue weighted by molar-refractivity contribution is 6.42. The van der Waals surface area contributed by atoms with Crippen LogP contribution >= 0.6 is 23.2 Å². The minimum Gasteiger partial charge on any atom is -0.409 e. The molecule has 22 heavy (non-hydrogen) atoms. The summed E-state index contributed by atoms with van der Waals surface area (Å²) in [5.74, 6) is 0.364. The van der Waals surface area contributed by atoms with Gasteiger partial charge in [0.1, 0.15) is 5.65 Å². The lowest BCUT2D eigenvalue weighted by Gasteiger charge is -2.13. The van der Waals surface area contributed by atoms with Crippen LogP contribution in [0.2, 0.25) is 10.0 Å². The van der Waals surface area contributed by atoms with Gasteiger partial charge < -0.3 is 10.1 Å². The number of carbonyl (C=O) groups is 1. The van der Waals surface area contributed by atoms with Gasteiger partial charge in [-0.2, -0.15) is 0 Å². The lowest BCUT2D eigenvalue weighted by atomic mass is 10.2. The number of carbonyl (C=O) groups excluding carboxylic acids is 1. The average Bonchev–Trinajstić information content (AvgIpc) is 2.99. The highest BCUT2D eigenvalue weighted by atomic mass is 35.5. The fraction of sp³-hybridized carbons (Fsp3) is 0.0667. The summed E-state index contributed by atoms with van der Waals surface area (Å²) in [5.41, 5.74) is 2.17. The van der Waals surface area contributed by atoms with Crippen molar-refractivity contribution in [2.45, 2.75) is 6.54 Å². The van der Waals surface area contributed by atoms with Gasteiger partial charge in [0.25, 0.3) is 6.47 Å². The third-order valence-electron chi connectivity index (χ3n) is 3.18. The van der Waals surface area contributed by atoms with E-state index < -0.39 is 0 Å². The van der Waals surface area contributed by atoms with Crippen molar-refractivity contribution in [1.82, 2.24) is 9.38 Å². The first-order chi connectivity index (χ1) is 10.7. The van der Waals surface area contributed by atoms with Crippen molar-refractivity contribution in [1.29, 1.82) is 0 Å². The van der Waals surface area contributed by atoms with Crippen LogP contribution in [-0.4, -0.2) is 15.9 Å². The van der Waals surface area contributed by atoms with Crippen LogP contribution in [0, 0.1) is 0 Å². The van der Waals surface area contributed by atoms with Gasteiger partial charge in [-0.15, -0.1) is 0 Å². The highest BCUT2D eigenvalue weighted by Crippen LogP contribution is 2.29. The van der Waals surface area contributed by atoms with Crippen LogP contribution in [0.15, 0.2) is 42.7 Å². The Bertz CT molecular complexity index is 833. The number of nitrogens with zero attached hydrogens (tertiary/aromatic N) is 2. The second-order valence-corrected chi connectivity index (χ2v) is 5.27. The third-order valence-corrected chi connectivity index (χ3v) is 4.04. The summed E-state index contributed by atoms with van der Waals surface area (Å²) < 4.78 is 6.75. The minimum absolute atomic E-state index is 0.364. The van der Waals surface area contributed by atoms with E-state index >= 15 is 0 Å². The van der Waals surface area contributed by atoms with E-state index in [9.17, 15) is 4.79 Å². The van der Waals surface area contributed by atoms with Crippen LogP contribution in [0.5, 0.6) is 5.88 Å². The maximum Gasteiger partial charge on any atom is 0.299 e. The molecule has 0 amide bonds. The van der Waals surface area contributed by atoms with Gasteiger partial charge in [0.2, 0.25) is 5.88 Å². The quantitative estimate of drug-likeness (QED) is 0.721. The number of aromatic nitrogens is 2. The Morgan fingerprint density at radius 1 is 1.27 bits per heavy atom. The molecule has 0 atom stereocenters. The van der Waals surface area contributed by atoms with Crippen molar-refractivity contribution < 1.29 is 9.53 Å². The molecule has 1 aromatic carbocycles. The van der Waals surface area contributed by atoms with Crippen molar-refractivity contribution in [3.8, 4) is 5.88 Å². The fourth-order valence-corrected chi connectivity index (χ4v) is 2.53.